The molecule has 0 bridgehead atoms. The molecule has 0 saturated heterocycles. The largest absolute Gasteiger partial charge is 0.451 e. The number of hydrogen-bond donors (Lipinski definition) is 2. The summed E-state index contributed by atoms with van der Waals surface area (Å²) in [5.74, 6) is -0.887. The molecule has 1 saturated carbocycles. The predicted octanol–water partition coefficient (Wildman–Crippen LogP) is 3.74. The van der Waals surface area contributed by atoms with Crippen LogP contribution in [-0.2, 0) is 9.53 Å². The highest BCUT2D eigenvalue weighted by Gasteiger charge is 2.24. The van der Waals surface area contributed by atoms with E-state index in [0.29, 0.717) is 16.5 Å². The molecule has 2 aromatic heterocycles. The maximum atomic E-state index is 12.3. The molecule has 9 heteroatoms. The van der Waals surface area contributed by atoms with Crippen molar-refractivity contribution < 1.29 is 19.1 Å². The van der Waals surface area contributed by atoms with Crippen molar-refractivity contribution in [2.24, 2.45) is 5.92 Å². The van der Waals surface area contributed by atoms with Crippen LogP contribution in [0.4, 0.5) is 4.79 Å². The molecule has 2 atom stereocenters. The van der Waals surface area contributed by atoms with E-state index < -0.39 is 24.5 Å². The maximum Gasteiger partial charge on any atom is 0.350 e. The van der Waals surface area contributed by atoms with Gasteiger partial charge in [0, 0.05) is 17.0 Å². The number of imide groups is 1. The summed E-state index contributed by atoms with van der Waals surface area (Å²) >= 11 is 2.77. The second-order valence-corrected chi connectivity index (χ2v) is 8.69. The Morgan fingerprint density at radius 2 is 2.07 bits per heavy atom. The lowest BCUT2D eigenvalue weighted by Gasteiger charge is -2.29. The number of thiazole rings is 1. The van der Waals surface area contributed by atoms with Gasteiger partial charge in [-0.15, -0.1) is 11.3 Å². The fraction of sp³-hybridized carbons (Fsp3) is 0.474. The van der Waals surface area contributed by atoms with Crippen LogP contribution in [0.2, 0.25) is 0 Å². The Morgan fingerprint density at radius 3 is 2.79 bits per heavy atom. The zero-order chi connectivity index (χ0) is 20.1. The average molecular weight is 422 g/mol. The van der Waals surface area contributed by atoms with E-state index in [-0.39, 0.29) is 6.04 Å². The minimum Gasteiger partial charge on any atom is -0.451 e. The SMILES string of the molecule is Cc1nc(-c2ccsc2)sc1C(=O)OCC(=O)NC(=O)NC1CCCCC1C. The smallest absolute Gasteiger partial charge is 0.350 e. The number of ether oxygens (including phenoxy) is 1. The molecule has 2 unspecified atom stereocenters. The molecule has 3 amide bonds. The van der Waals surface area contributed by atoms with Crippen molar-refractivity contribution in [3.8, 4) is 10.6 Å². The van der Waals surface area contributed by atoms with Gasteiger partial charge in [0.25, 0.3) is 5.91 Å². The fourth-order valence-corrected chi connectivity index (χ4v) is 4.86. The van der Waals surface area contributed by atoms with Crippen LogP contribution in [0.5, 0.6) is 0 Å². The van der Waals surface area contributed by atoms with Crippen molar-refractivity contribution in [2.75, 3.05) is 6.61 Å². The monoisotopic (exact) mass is 421 g/mol. The van der Waals surface area contributed by atoms with Gasteiger partial charge in [-0.25, -0.2) is 14.6 Å². The average Bonchev–Trinajstić information content (AvgIpc) is 3.31. The number of aromatic nitrogens is 1. The summed E-state index contributed by atoms with van der Waals surface area (Å²) in [5.41, 5.74) is 1.50. The highest BCUT2D eigenvalue weighted by atomic mass is 32.1. The fourth-order valence-electron chi connectivity index (χ4n) is 3.19. The molecule has 2 N–H and O–H groups in total. The van der Waals surface area contributed by atoms with Gasteiger partial charge in [0.15, 0.2) is 6.61 Å². The normalized spacial score (nSPS) is 19.1. The van der Waals surface area contributed by atoms with E-state index in [2.05, 4.69) is 22.5 Å². The van der Waals surface area contributed by atoms with E-state index in [0.717, 1.165) is 29.8 Å². The second-order valence-electron chi connectivity index (χ2n) is 6.91. The lowest BCUT2D eigenvalue weighted by atomic mass is 9.86. The van der Waals surface area contributed by atoms with Gasteiger partial charge in [-0.05, 0) is 37.1 Å². The first-order valence-electron chi connectivity index (χ1n) is 9.21. The quantitative estimate of drug-likeness (QED) is 0.717. The van der Waals surface area contributed by atoms with Crippen LogP contribution in [0.25, 0.3) is 10.6 Å². The lowest BCUT2D eigenvalue weighted by Crippen LogP contribution is -2.48. The van der Waals surface area contributed by atoms with Gasteiger partial charge >= 0.3 is 12.0 Å². The number of amides is 3. The number of aryl methyl sites for hydroxylation is 1. The number of rotatable bonds is 5. The van der Waals surface area contributed by atoms with Gasteiger partial charge in [-0.2, -0.15) is 11.3 Å². The second kappa shape index (κ2) is 9.29. The first-order valence-corrected chi connectivity index (χ1v) is 11.0. The minimum atomic E-state index is -0.658. The summed E-state index contributed by atoms with van der Waals surface area (Å²) in [6, 6.07) is 1.45. The summed E-state index contributed by atoms with van der Waals surface area (Å²) in [6.07, 6.45) is 4.22. The van der Waals surface area contributed by atoms with E-state index in [1.54, 1.807) is 18.3 Å². The van der Waals surface area contributed by atoms with Crippen molar-refractivity contribution in [1.82, 2.24) is 15.6 Å². The zero-order valence-corrected chi connectivity index (χ0v) is 17.5. The van der Waals surface area contributed by atoms with Crippen LogP contribution in [-0.4, -0.2) is 35.5 Å². The van der Waals surface area contributed by atoms with Gasteiger partial charge in [-0.1, -0.05) is 19.8 Å². The predicted molar refractivity (Wildman–Crippen MR) is 109 cm³/mol. The third-order valence-corrected chi connectivity index (χ3v) is 6.64. The Bertz CT molecular complexity index is 847. The molecule has 2 aromatic rings. The highest BCUT2D eigenvalue weighted by molar-refractivity contribution is 7.17. The third kappa shape index (κ3) is 5.17. The van der Waals surface area contributed by atoms with Crippen LogP contribution >= 0.6 is 22.7 Å². The van der Waals surface area contributed by atoms with Crippen LogP contribution in [0.15, 0.2) is 16.8 Å². The molecule has 2 heterocycles. The summed E-state index contributed by atoms with van der Waals surface area (Å²) < 4.78 is 5.06. The van der Waals surface area contributed by atoms with E-state index in [9.17, 15) is 14.4 Å². The van der Waals surface area contributed by atoms with Gasteiger partial charge in [0.1, 0.15) is 9.88 Å². The molecule has 1 fully saturated rings. The number of carbonyl (C=O) groups is 3. The number of urea groups is 1. The topological polar surface area (TPSA) is 97.4 Å². The van der Waals surface area contributed by atoms with Crippen molar-refractivity contribution in [2.45, 2.75) is 45.6 Å². The molecule has 0 aliphatic heterocycles. The summed E-state index contributed by atoms with van der Waals surface area (Å²) in [6.45, 7) is 3.30. The lowest BCUT2D eigenvalue weighted by molar-refractivity contribution is -0.123. The van der Waals surface area contributed by atoms with E-state index in [1.807, 2.05) is 16.8 Å². The number of esters is 1. The van der Waals surface area contributed by atoms with E-state index in [1.165, 1.54) is 17.8 Å². The van der Waals surface area contributed by atoms with Gasteiger partial charge < -0.3 is 10.1 Å². The molecular formula is C19H23N3O4S2. The Labute approximate surface area is 171 Å². The molecule has 0 spiro atoms. The molecule has 0 radical (unpaired) electrons. The number of nitrogens with zero attached hydrogens (tertiary/aromatic N) is 1. The van der Waals surface area contributed by atoms with Crippen LogP contribution in [0, 0.1) is 12.8 Å². The van der Waals surface area contributed by atoms with Crippen LogP contribution in [0.1, 0.15) is 48.0 Å². The van der Waals surface area contributed by atoms with Crippen molar-refractivity contribution in [1.29, 1.82) is 0 Å². The third-order valence-electron chi connectivity index (χ3n) is 4.77. The molecule has 28 heavy (non-hydrogen) atoms. The summed E-state index contributed by atoms with van der Waals surface area (Å²) in [7, 11) is 0. The number of nitrogens with one attached hydrogen (secondary N) is 2. The van der Waals surface area contributed by atoms with Gasteiger partial charge in [0.2, 0.25) is 0 Å². The highest BCUT2D eigenvalue weighted by Crippen LogP contribution is 2.29. The molecular weight excluding hydrogens is 398 g/mol. The van der Waals surface area contributed by atoms with Crippen molar-refractivity contribution in [3.05, 3.63) is 27.4 Å². The Hall–Kier alpha value is -2.26. The molecule has 1 aliphatic rings. The van der Waals surface area contributed by atoms with Crippen molar-refractivity contribution in [3.63, 3.8) is 0 Å². The number of hydrogen-bond acceptors (Lipinski definition) is 7. The van der Waals surface area contributed by atoms with Gasteiger partial charge in [0.05, 0.1) is 5.69 Å². The Kier molecular flexibility index (Phi) is 6.79. The maximum absolute atomic E-state index is 12.3. The molecule has 1 aliphatic carbocycles. The Morgan fingerprint density at radius 1 is 1.29 bits per heavy atom. The number of thiophene rings is 1. The molecule has 150 valence electrons. The number of carbonyl (C=O) groups excluding carboxylic acids is 3. The van der Waals surface area contributed by atoms with Crippen LogP contribution in [0.3, 0.4) is 0 Å². The minimum absolute atomic E-state index is 0.0690. The van der Waals surface area contributed by atoms with Crippen molar-refractivity contribution >= 4 is 40.6 Å². The zero-order valence-electron chi connectivity index (χ0n) is 15.8. The van der Waals surface area contributed by atoms with E-state index >= 15 is 0 Å². The first-order chi connectivity index (χ1) is 13.4. The van der Waals surface area contributed by atoms with Gasteiger partial charge in [-0.3, -0.25) is 10.1 Å². The molecule has 7 nitrogen and oxygen atoms in total. The summed E-state index contributed by atoms with van der Waals surface area (Å²) in [4.78, 5) is 40.9. The standard InChI is InChI=1S/C19H23N3O4S2/c1-11-5-3-4-6-14(11)21-19(25)22-15(23)9-26-18(24)16-12(2)20-17(28-16)13-7-8-27-10-13/h7-8,10-11,14H,3-6,9H2,1-2H3,(H2,21,22,23,25). The summed E-state index contributed by atoms with van der Waals surface area (Å²) in [5, 5.41) is 9.67. The van der Waals surface area contributed by atoms with E-state index in [4.69, 9.17) is 4.74 Å². The Balaban J connectivity index is 1.48. The molecule has 3 rings (SSSR count). The van der Waals surface area contributed by atoms with Crippen LogP contribution < -0.4 is 10.6 Å². The first kappa shape index (κ1) is 20.5. The molecule has 0 aromatic carbocycles.